The minimum absolute atomic E-state index is 0.184. The normalized spacial score (nSPS) is 13.2. The summed E-state index contributed by atoms with van der Waals surface area (Å²) in [6.07, 6.45) is 1.02. The average molecular weight is 482 g/mol. The molecule has 0 bridgehead atoms. The molecule has 0 atom stereocenters. The van der Waals surface area contributed by atoms with Gasteiger partial charge in [-0.3, -0.25) is 9.59 Å². The van der Waals surface area contributed by atoms with Crippen LogP contribution in [0, 0.1) is 6.92 Å². The molecule has 9 heteroatoms. The van der Waals surface area contributed by atoms with E-state index in [9.17, 15) is 9.59 Å². The van der Waals surface area contributed by atoms with Crippen molar-refractivity contribution in [3.05, 3.63) is 100 Å². The SMILES string of the molecule is Cc1nnnn1-c1cccc(C(=O)NCc2cccc(C(=O)Nc3ccc4c(c3)CN(C)CC4)c2)c1. The van der Waals surface area contributed by atoms with Gasteiger partial charge in [0.2, 0.25) is 0 Å². The Bertz CT molecular complexity index is 1430. The molecule has 2 N–H and O–H groups in total. The van der Waals surface area contributed by atoms with Crippen molar-refractivity contribution in [1.82, 2.24) is 30.4 Å². The summed E-state index contributed by atoms with van der Waals surface area (Å²) < 4.78 is 1.57. The number of fused-ring (bicyclic) bond motifs is 1. The van der Waals surface area contributed by atoms with E-state index in [1.54, 1.807) is 41.9 Å². The van der Waals surface area contributed by atoms with Crippen LogP contribution < -0.4 is 10.6 Å². The second-order valence-electron chi connectivity index (χ2n) is 9.00. The lowest BCUT2D eigenvalue weighted by Gasteiger charge is -2.25. The molecule has 0 radical (unpaired) electrons. The largest absolute Gasteiger partial charge is 0.348 e. The maximum atomic E-state index is 12.9. The third kappa shape index (κ3) is 5.16. The molecule has 0 aliphatic carbocycles. The van der Waals surface area contributed by atoms with Gasteiger partial charge in [-0.05, 0) is 90.0 Å². The Morgan fingerprint density at radius 1 is 0.944 bits per heavy atom. The minimum atomic E-state index is -0.226. The molecule has 36 heavy (non-hydrogen) atoms. The van der Waals surface area contributed by atoms with Gasteiger partial charge in [-0.25, -0.2) is 0 Å². The lowest BCUT2D eigenvalue weighted by Crippen LogP contribution is -2.26. The van der Waals surface area contributed by atoms with E-state index >= 15 is 0 Å². The van der Waals surface area contributed by atoms with Gasteiger partial charge in [0.25, 0.3) is 11.8 Å². The smallest absolute Gasteiger partial charge is 0.255 e. The van der Waals surface area contributed by atoms with Gasteiger partial charge >= 0.3 is 0 Å². The Balaban J connectivity index is 1.23. The first-order chi connectivity index (χ1) is 17.5. The van der Waals surface area contributed by atoms with Crippen molar-refractivity contribution in [2.75, 3.05) is 18.9 Å². The summed E-state index contributed by atoms with van der Waals surface area (Å²) in [5.74, 6) is 0.221. The molecule has 0 saturated heterocycles. The van der Waals surface area contributed by atoms with E-state index in [0.717, 1.165) is 30.8 Å². The van der Waals surface area contributed by atoms with Crippen LogP contribution in [0.2, 0.25) is 0 Å². The monoisotopic (exact) mass is 481 g/mol. The topological polar surface area (TPSA) is 105 Å². The van der Waals surface area contributed by atoms with Crippen molar-refractivity contribution >= 4 is 17.5 Å². The van der Waals surface area contributed by atoms with Gasteiger partial charge in [0.1, 0.15) is 0 Å². The number of aromatic nitrogens is 4. The van der Waals surface area contributed by atoms with Crippen molar-refractivity contribution in [2.45, 2.75) is 26.4 Å². The maximum absolute atomic E-state index is 12.9. The molecule has 9 nitrogen and oxygen atoms in total. The second-order valence-corrected chi connectivity index (χ2v) is 9.00. The molecule has 5 rings (SSSR count). The van der Waals surface area contributed by atoms with Gasteiger partial charge < -0.3 is 15.5 Å². The number of anilines is 1. The van der Waals surface area contributed by atoms with Gasteiger partial charge in [0, 0.05) is 36.4 Å². The van der Waals surface area contributed by atoms with Crippen molar-refractivity contribution < 1.29 is 9.59 Å². The van der Waals surface area contributed by atoms with Crippen LogP contribution in [0.4, 0.5) is 5.69 Å². The minimum Gasteiger partial charge on any atom is -0.348 e. The zero-order valence-corrected chi connectivity index (χ0v) is 20.2. The van der Waals surface area contributed by atoms with E-state index in [2.05, 4.69) is 50.2 Å². The van der Waals surface area contributed by atoms with Crippen LogP contribution in [0.25, 0.3) is 5.69 Å². The first kappa shape index (κ1) is 23.4. The molecule has 1 aromatic heterocycles. The fraction of sp³-hybridized carbons (Fsp3) is 0.222. The van der Waals surface area contributed by atoms with Crippen LogP contribution in [0.3, 0.4) is 0 Å². The average Bonchev–Trinajstić information content (AvgIpc) is 3.33. The summed E-state index contributed by atoms with van der Waals surface area (Å²) >= 11 is 0. The number of amides is 2. The highest BCUT2D eigenvalue weighted by molar-refractivity contribution is 6.04. The molecule has 0 unspecified atom stereocenters. The summed E-state index contributed by atoms with van der Waals surface area (Å²) in [7, 11) is 2.10. The number of carbonyl (C=O) groups is 2. The fourth-order valence-corrected chi connectivity index (χ4v) is 4.34. The summed E-state index contributed by atoms with van der Waals surface area (Å²) in [5.41, 5.74) is 5.93. The fourth-order valence-electron chi connectivity index (χ4n) is 4.34. The highest BCUT2D eigenvalue weighted by atomic mass is 16.2. The van der Waals surface area contributed by atoms with Crippen molar-refractivity contribution in [3.8, 4) is 5.69 Å². The van der Waals surface area contributed by atoms with E-state index < -0.39 is 0 Å². The van der Waals surface area contributed by atoms with Crippen molar-refractivity contribution in [1.29, 1.82) is 0 Å². The van der Waals surface area contributed by atoms with Gasteiger partial charge in [-0.2, -0.15) is 4.68 Å². The number of rotatable bonds is 6. The molecule has 2 heterocycles. The Labute approximate surface area is 209 Å². The Kier molecular flexibility index (Phi) is 6.55. The Morgan fingerprint density at radius 2 is 1.75 bits per heavy atom. The predicted octanol–water partition coefficient (Wildman–Crippen LogP) is 3.14. The van der Waals surface area contributed by atoms with Gasteiger partial charge in [-0.1, -0.05) is 24.3 Å². The standard InChI is InChI=1S/C27H27N7O2/c1-18-30-31-32-34(18)25-8-4-7-22(15-25)26(35)28-16-19-5-3-6-21(13-19)27(36)29-24-10-9-20-11-12-33(2)17-23(20)14-24/h3-10,13-15H,11-12,16-17H2,1-2H3,(H,28,35)(H,29,36). The van der Waals surface area contributed by atoms with E-state index in [-0.39, 0.29) is 11.8 Å². The van der Waals surface area contributed by atoms with Crippen LogP contribution in [-0.4, -0.2) is 50.5 Å². The predicted molar refractivity (Wildman–Crippen MR) is 136 cm³/mol. The molecule has 1 aliphatic rings. The summed E-state index contributed by atoms with van der Waals surface area (Å²) in [5, 5.41) is 17.4. The zero-order valence-electron chi connectivity index (χ0n) is 20.2. The molecule has 0 spiro atoms. The second kappa shape index (κ2) is 10.1. The molecule has 0 saturated carbocycles. The lowest BCUT2D eigenvalue weighted by molar-refractivity contribution is 0.0950. The number of benzene rings is 3. The number of nitrogens with zero attached hydrogens (tertiary/aromatic N) is 5. The van der Waals surface area contributed by atoms with Crippen LogP contribution in [0.15, 0.2) is 66.7 Å². The van der Waals surface area contributed by atoms with E-state index in [1.165, 1.54) is 11.1 Å². The number of carbonyl (C=O) groups excluding carboxylic acids is 2. The molecule has 0 fully saturated rings. The number of likely N-dealkylation sites (N-methyl/N-ethyl adjacent to an activating group) is 1. The highest BCUT2D eigenvalue weighted by Crippen LogP contribution is 2.22. The molecule has 3 aromatic carbocycles. The molecular formula is C27H27N7O2. The van der Waals surface area contributed by atoms with Gasteiger partial charge in [-0.15, -0.1) is 5.10 Å². The van der Waals surface area contributed by atoms with Crippen LogP contribution in [0.1, 0.15) is 43.2 Å². The van der Waals surface area contributed by atoms with E-state index in [4.69, 9.17) is 0 Å². The number of aryl methyl sites for hydroxylation is 1. The van der Waals surface area contributed by atoms with Gasteiger partial charge in [0.05, 0.1) is 5.69 Å². The maximum Gasteiger partial charge on any atom is 0.255 e. The summed E-state index contributed by atoms with van der Waals surface area (Å²) in [6.45, 7) is 4.01. The summed E-state index contributed by atoms with van der Waals surface area (Å²) in [4.78, 5) is 28.0. The first-order valence-electron chi connectivity index (χ1n) is 11.8. The Hall–Kier alpha value is -4.37. The summed E-state index contributed by atoms with van der Waals surface area (Å²) in [6, 6.07) is 20.5. The molecular weight excluding hydrogens is 454 g/mol. The number of tetrazole rings is 1. The highest BCUT2D eigenvalue weighted by Gasteiger charge is 2.15. The Morgan fingerprint density at radius 3 is 2.56 bits per heavy atom. The van der Waals surface area contributed by atoms with Gasteiger partial charge in [0.15, 0.2) is 5.82 Å². The molecule has 4 aromatic rings. The molecule has 182 valence electrons. The van der Waals surface area contributed by atoms with Crippen LogP contribution in [0.5, 0.6) is 0 Å². The quantitative estimate of drug-likeness (QED) is 0.438. The van der Waals surface area contributed by atoms with Crippen LogP contribution in [-0.2, 0) is 19.5 Å². The first-order valence-corrected chi connectivity index (χ1v) is 11.8. The number of hydrogen-bond acceptors (Lipinski definition) is 6. The van der Waals surface area contributed by atoms with Crippen LogP contribution >= 0.6 is 0 Å². The van der Waals surface area contributed by atoms with E-state index in [1.807, 2.05) is 24.3 Å². The third-order valence-corrected chi connectivity index (χ3v) is 6.29. The molecule has 2 amide bonds. The van der Waals surface area contributed by atoms with Crippen molar-refractivity contribution in [2.24, 2.45) is 0 Å². The molecule has 1 aliphatic heterocycles. The van der Waals surface area contributed by atoms with E-state index in [0.29, 0.717) is 29.2 Å². The zero-order chi connectivity index (χ0) is 25.1. The number of hydrogen-bond donors (Lipinski definition) is 2. The number of nitrogens with one attached hydrogen (secondary N) is 2. The third-order valence-electron chi connectivity index (χ3n) is 6.29. The van der Waals surface area contributed by atoms with Crippen molar-refractivity contribution in [3.63, 3.8) is 0 Å². The lowest BCUT2D eigenvalue weighted by atomic mass is 9.99.